The van der Waals surface area contributed by atoms with E-state index in [9.17, 15) is 4.79 Å². The Bertz CT molecular complexity index is 468. The second-order valence-electron chi connectivity index (χ2n) is 7.08. The van der Waals surface area contributed by atoms with Gasteiger partial charge < -0.3 is 15.0 Å². The normalized spacial score (nSPS) is 20.7. The monoisotopic (exact) mass is 324 g/mol. The molecule has 1 aliphatic rings. The number of carbonyl (C=O) groups excluding carboxylic acids is 1. The topological polar surface area (TPSA) is 41.6 Å². The smallest absolute Gasteiger partial charge is 0.410 e. The van der Waals surface area contributed by atoms with Crippen molar-refractivity contribution in [2.24, 2.45) is 5.92 Å². The molecule has 1 aliphatic heterocycles. The van der Waals surface area contributed by atoms with E-state index in [2.05, 4.69) is 29.8 Å². The number of hydrogen-bond donors (Lipinski definition) is 1. The maximum absolute atomic E-state index is 12.2. The molecule has 1 amide bonds. The Balaban J connectivity index is 1.79. The molecule has 1 aromatic rings. The van der Waals surface area contributed by atoms with Crippen molar-refractivity contribution in [3.63, 3.8) is 0 Å². The standard InChI is InChI=1S/C17H28N2O2S/c1-13(15-8-6-10-22-15)18-11-14-7-5-9-19(12-14)16(20)21-17(2,3)4/h6,8,10,13-14,18H,5,7,9,11-12H2,1-4H3/t13-,14?/m1/s1. The van der Waals surface area contributed by atoms with Crippen molar-refractivity contribution in [1.29, 1.82) is 0 Å². The highest BCUT2D eigenvalue weighted by Gasteiger charge is 2.27. The highest BCUT2D eigenvalue weighted by atomic mass is 32.1. The van der Waals surface area contributed by atoms with Crippen LogP contribution in [0.3, 0.4) is 0 Å². The van der Waals surface area contributed by atoms with Gasteiger partial charge in [-0.05, 0) is 57.9 Å². The van der Waals surface area contributed by atoms with Gasteiger partial charge in [0.2, 0.25) is 0 Å². The molecule has 0 spiro atoms. The number of nitrogens with zero attached hydrogens (tertiary/aromatic N) is 1. The zero-order valence-corrected chi connectivity index (χ0v) is 14.9. The number of amides is 1. The van der Waals surface area contributed by atoms with Crippen molar-refractivity contribution in [3.05, 3.63) is 22.4 Å². The molecular formula is C17H28N2O2S. The Kier molecular flexibility index (Phi) is 5.87. The van der Waals surface area contributed by atoms with E-state index in [0.717, 1.165) is 26.1 Å². The predicted octanol–water partition coefficient (Wildman–Crippen LogP) is 4.05. The van der Waals surface area contributed by atoms with Gasteiger partial charge in [-0.1, -0.05) is 6.07 Å². The predicted molar refractivity (Wildman–Crippen MR) is 91.3 cm³/mol. The lowest BCUT2D eigenvalue weighted by Gasteiger charge is -2.34. The summed E-state index contributed by atoms with van der Waals surface area (Å²) in [5.74, 6) is 0.503. The number of thiophene rings is 1. The Morgan fingerprint density at radius 1 is 1.55 bits per heavy atom. The highest BCUT2D eigenvalue weighted by Crippen LogP contribution is 2.21. The number of likely N-dealkylation sites (tertiary alicyclic amines) is 1. The summed E-state index contributed by atoms with van der Waals surface area (Å²) in [5, 5.41) is 5.70. The molecule has 1 aromatic heterocycles. The van der Waals surface area contributed by atoms with E-state index in [-0.39, 0.29) is 6.09 Å². The molecule has 1 fully saturated rings. The van der Waals surface area contributed by atoms with E-state index in [1.807, 2.05) is 25.7 Å². The minimum absolute atomic E-state index is 0.177. The third-order valence-corrected chi connectivity index (χ3v) is 4.91. The van der Waals surface area contributed by atoms with Gasteiger partial charge in [0.15, 0.2) is 0 Å². The Hall–Kier alpha value is -1.07. The summed E-state index contributed by atoms with van der Waals surface area (Å²) >= 11 is 1.78. The summed E-state index contributed by atoms with van der Waals surface area (Å²) in [6, 6.07) is 4.62. The van der Waals surface area contributed by atoms with Crippen LogP contribution in [0.5, 0.6) is 0 Å². The molecule has 1 saturated heterocycles. The third kappa shape index (κ3) is 5.29. The summed E-state index contributed by atoms with van der Waals surface area (Å²) in [6.07, 6.45) is 2.05. The van der Waals surface area contributed by atoms with Crippen LogP contribution in [-0.2, 0) is 4.74 Å². The minimum Gasteiger partial charge on any atom is -0.444 e. The van der Waals surface area contributed by atoms with Crippen LogP contribution in [-0.4, -0.2) is 36.2 Å². The van der Waals surface area contributed by atoms with Gasteiger partial charge >= 0.3 is 6.09 Å². The molecule has 1 unspecified atom stereocenters. The number of piperidine rings is 1. The van der Waals surface area contributed by atoms with Crippen molar-refractivity contribution in [3.8, 4) is 0 Å². The van der Waals surface area contributed by atoms with Gasteiger partial charge in [0, 0.05) is 30.6 Å². The zero-order valence-electron chi connectivity index (χ0n) is 14.1. The van der Waals surface area contributed by atoms with Crippen molar-refractivity contribution in [1.82, 2.24) is 10.2 Å². The largest absolute Gasteiger partial charge is 0.444 e. The van der Waals surface area contributed by atoms with Crippen LogP contribution in [0.1, 0.15) is 51.5 Å². The summed E-state index contributed by atoms with van der Waals surface area (Å²) in [6.45, 7) is 10.5. The average molecular weight is 324 g/mol. The second-order valence-corrected chi connectivity index (χ2v) is 8.06. The van der Waals surface area contributed by atoms with E-state index in [1.165, 1.54) is 11.3 Å². The van der Waals surface area contributed by atoms with Gasteiger partial charge in [0.05, 0.1) is 0 Å². The van der Waals surface area contributed by atoms with Gasteiger partial charge in [0.25, 0.3) is 0 Å². The van der Waals surface area contributed by atoms with Crippen molar-refractivity contribution in [2.75, 3.05) is 19.6 Å². The zero-order chi connectivity index (χ0) is 16.2. The van der Waals surface area contributed by atoms with Crippen LogP contribution in [0.15, 0.2) is 17.5 Å². The maximum atomic E-state index is 12.2. The summed E-state index contributed by atoms with van der Waals surface area (Å²) in [4.78, 5) is 15.4. The number of hydrogen-bond acceptors (Lipinski definition) is 4. The molecule has 0 aromatic carbocycles. The quantitative estimate of drug-likeness (QED) is 0.908. The number of ether oxygens (including phenoxy) is 1. The molecule has 22 heavy (non-hydrogen) atoms. The fourth-order valence-electron chi connectivity index (χ4n) is 2.71. The van der Waals surface area contributed by atoms with Crippen molar-refractivity contribution < 1.29 is 9.53 Å². The molecule has 4 nitrogen and oxygen atoms in total. The number of nitrogens with one attached hydrogen (secondary N) is 1. The first-order chi connectivity index (χ1) is 10.3. The summed E-state index contributed by atoms with van der Waals surface area (Å²) in [7, 11) is 0. The first-order valence-corrected chi connectivity index (χ1v) is 8.98. The van der Waals surface area contributed by atoms with Gasteiger partial charge in [-0.3, -0.25) is 0 Å². The fraction of sp³-hybridized carbons (Fsp3) is 0.706. The van der Waals surface area contributed by atoms with E-state index in [1.54, 1.807) is 11.3 Å². The Morgan fingerprint density at radius 3 is 2.95 bits per heavy atom. The SMILES string of the molecule is C[C@@H](NCC1CCCN(C(=O)OC(C)(C)C)C1)c1cccs1. The molecule has 2 atom stereocenters. The number of carbonyl (C=O) groups is 1. The molecule has 0 aliphatic carbocycles. The van der Waals surface area contributed by atoms with Crippen molar-refractivity contribution >= 4 is 17.4 Å². The van der Waals surface area contributed by atoms with Crippen molar-refractivity contribution in [2.45, 2.75) is 52.2 Å². The van der Waals surface area contributed by atoms with Crippen LogP contribution in [0.2, 0.25) is 0 Å². The second kappa shape index (κ2) is 7.47. The third-order valence-electron chi connectivity index (χ3n) is 3.85. The van der Waals surface area contributed by atoms with E-state index < -0.39 is 5.60 Å². The fourth-order valence-corrected chi connectivity index (χ4v) is 3.46. The van der Waals surface area contributed by atoms with Crippen LogP contribution < -0.4 is 5.32 Å². The van der Waals surface area contributed by atoms with Crippen LogP contribution in [0.25, 0.3) is 0 Å². The maximum Gasteiger partial charge on any atom is 0.410 e. The molecule has 1 N–H and O–H groups in total. The Morgan fingerprint density at radius 2 is 2.32 bits per heavy atom. The lowest BCUT2D eigenvalue weighted by atomic mass is 9.98. The molecule has 2 rings (SSSR count). The Labute approximate surface area is 137 Å². The first-order valence-electron chi connectivity index (χ1n) is 8.10. The molecule has 2 heterocycles. The lowest BCUT2D eigenvalue weighted by molar-refractivity contribution is 0.0165. The van der Waals surface area contributed by atoms with E-state index in [4.69, 9.17) is 4.74 Å². The number of rotatable bonds is 4. The van der Waals surface area contributed by atoms with Gasteiger partial charge in [-0.15, -0.1) is 11.3 Å². The molecular weight excluding hydrogens is 296 g/mol. The van der Waals surface area contributed by atoms with Gasteiger partial charge in [-0.2, -0.15) is 0 Å². The summed E-state index contributed by atoms with van der Waals surface area (Å²) in [5.41, 5.74) is -0.421. The van der Waals surface area contributed by atoms with Crippen LogP contribution in [0.4, 0.5) is 4.79 Å². The molecule has 0 bridgehead atoms. The lowest BCUT2D eigenvalue weighted by Crippen LogP contribution is -2.45. The van der Waals surface area contributed by atoms with Crippen LogP contribution >= 0.6 is 11.3 Å². The van der Waals surface area contributed by atoms with E-state index >= 15 is 0 Å². The minimum atomic E-state index is -0.421. The molecule has 0 radical (unpaired) electrons. The molecule has 124 valence electrons. The molecule has 5 heteroatoms. The van der Waals surface area contributed by atoms with E-state index in [0.29, 0.717) is 12.0 Å². The molecule has 0 saturated carbocycles. The average Bonchev–Trinajstić information content (AvgIpc) is 2.97. The van der Waals surface area contributed by atoms with Crippen LogP contribution in [0, 0.1) is 5.92 Å². The van der Waals surface area contributed by atoms with Gasteiger partial charge in [-0.25, -0.2) is 4.79 Å². The summed E-state index contributed by atoms with van der Waals surface area (Å²) < 4.78 is 5.48. The highest BCUT2D eigenvalue weighted by molar-refractivity contribution is 7.10. The van der Waals surface area contributed by atoms with Gasteiger partial charge in [0.1, 0.15) is 5.60 Å². The first kappa shape index (κ1) is 17.3.